The van der Waals surface area contributed by atoms with Gasteiger partial charge in [-0.2, -0.15) is 0 Å². The third kappa shape index (κ3) is 2.45. The first-order valence-electron chi connectivity index (χ1n) is 8.19. The molecule has 3 fully saturated rings. The molecule has 3 aliphatic heterocycles. The van der Waals surface area contributed by atoms with Crippen LogP contribution in [0.15, 0.2) is 12.3 Å². The number of epoxide rings is 1. The molecule has 25 heavy (non-hydrogen) atoms. The molecule has 0 radical (unpaired) electrons. The highest BCUT2D eigenvalue weighted by atomic mass is 16.8. The van der Waals surface area contributed by atoms with Gasteiger partial charge in [0.1, 0.15) is 36.1 Å². The molecule has 3 heterocycles. The van der Waals surface area contributed by atoms with E-state index in [4.69, 9.17) is 18.9 Å². The van der Waals surface area contributed by atoms with E-state index in [2.05, 4.69) is 0 Å². The Kier molecular flexibility index (Phi) is 4.30. The van der Waals surface area contributed by atoms with Crippen molar-refractivity contribution in [3.63, 3.8) is 0 Å². The quantitative estimate of drug-likeness (QED) is 0.276. The van der Waals surface area contributed by atoms with E-state index in [0.29, 0.717) is 0 Å². The van der Waals surface area contributed by atoms with Gasteiger partial charge in [-0.15, -0.1) is 0 Å². The second-order valence-electron chi connectivity index (χ2n) is 6.91. The first-order valence-corrected chi connectivity index (χ1v) is 8.19. The van der Waals surface area contributed by atoms with Crippen LogP contribution in [0.3, 0.4) is 0 Å². The Labute approximate surface area is 142 Å². The van der Waals surface area contributed by atoms with Gasteiger partial charge < -0.3 is 49.6 Å². The van der Waals surface area contributed by atoms with Crippen molar-refractivity contribution in [3.05, 3.63) is 12.3 Å². The average molecular weight is 362 g/mol. The monoisotopic (exact) mass is 362 g/mol. The Morgan fingerprint density at radius 2 is 1.72 bits per heavy atom. The number of aliphatic hydroxyl groups is 6. The van der Waals surface area contributed by atoms with E-state index in [1.807, 2.05) is 0 Å². The third-order valence-corrected chi connectivity index (χ3v) is 5.62. The number of ether oxygens (including phenoxy) is 4. The molecule has 0 aromatic heterocycles. The zero-order chi connectivity index (χ0) is 17.9. The van der Waals surface area contributed by atoms with E-state index in [1.54, 1.807) is 6.08 Å². The minimum absolute atomic E-state index is 0.332. The highest BCUT2D eigenvalue weighted by Gasteiger charge is 2.75. The van der Waals surface area contributed by atoms with Gasteiger partial charge in [-0.3, -0.25) is 0 Å². The van der Waals surface area contributed by atoms with Gasteiger partial charge in [-0.1, -0.05) is 0 Å². The summed E-state index contributed by atoms with van der Waals surface area (Å²) in [6.07, 6.45) is -6.47. The van der Waals surface area contributed by atoms with Gasteiger partial charge in [0, 0.05) is 5.92 Å². The van der Waals surface area contributed by atoms with E-state index in [9.17, 15) is 30.6 Å². The molecule has 2 saturated heterocycles. The minimum Gasteiger partial charge on any atom is -0.472 e. The molecule has 1 saturated carbocycles. The summed E-state index contributed by atoms with van der Waals surface area (Å²) in [5.41, 5.74) is -0.992. The van der Waals surface area contributed by atoms with Crippen LogP contribution in [0.2, 0.25) is 0 Å². The fraction of sp³-hybridized carbons (Fsp3) is 0.867. The average Bonchev–Trinajstić information content (AvgIpc) is 3.31. The van der Waals surface area contributed by atoms with Gasteiger partial charge in [-0.05, 0) is 6.08 Å². The Balaban J connectivity index is 1.53. The fourth-order valence-electron chi connectivity index (χ4n) is 4.17. The van der Waals surface area contributed by atoms with Crippen molar-refractivity contribution in [1.82, 2.24) is 0 Å². The number of rotatable bonds is 4. The molecule has 4 rings (SSSR count). The van der Waals surface area contributed by atoms with Crippen LogP contribution in [0.5, 0.6) is 0 Å². The SMILES string of the molecule is OCC1O[C@H](O[C@H]2OC=C[C@@H]3[C@@H](O)[C@H]4O[C@@]4(CO)[C@H]23)C(O)C(O)[C@H]1O. The highest BCUT2D eigenvalue weighted by Crippen LogP contribution is 2.59. The van der Waals surface area contributed by atoms with Crippen LogP contribution in [-0.2, 0) is 18.9 Å². The van der Waals surface area contributed by atoms with Crippen molar-refractivity contribution < 1.29 is 49.6 Å². The number of hydrogen-bond acceptors (Lipinski definition) is 10. The van der Waals surface area contributed by atoms with Crippen LogP contribution >= 0.6 is 0 Å². The summed E-state index contributed by atoms with van der Waals surface area (Å²) in [4.78, 5) is 0. The highest BCUT2D eigenvalue weighted by molar-refractivity contribution is 5.24. The lowest BCUT2D eigenvalue weighted by Gasteiger charge is -2.43. The van der Waals surface area contributed by atoms with Crippen LogP contribution in [0, 0.1) is 11.8 Å². The number of hydrogen-bond donors (Lipinski definition) is 6. The van der Waals surface area contributed by atoms with Gasteiger partial charge in [0.15, 0.2) is 6.29 Å². The van der Waals surface area contributed by atoms with Crippen molar-refractivity contribution in [2.24, 2.45) is 11.8 Å². The van der Waals surface area contributed by atoms with Crippen molar-refractivity contribution in [2.75, 3.05) is 13.2 Å². The Bertz CT molecular complexity index is 540. The van der Waals surface area contributed by atoms with E-state index >= 15 is 0 Å². The second-order valence-corrected chi connectivity index (χ2v) is 6.91. The van der Waals surface area contributed by atoms with E-state index < -0.39 is 67.3 Å². The Morgan fingerprint density at radius 3 is 2.40 bits per heavy atom. The summed E-state index contributed by atoms with van der Waals surface area (Å²) in [5, 5.41) is 59.0. The van der Waals surface area contributed by atoms with Gasteiger partial charge >= 0.3 is 0 Å². The van der Waals surface area contributed by atoms with E-state index in [0.717, 1.165) is 0 Å². The number of fused-ring (bicyclic) bond motifs is 3. The van der Waals surface area contributed by atoms with Gasteiger partial charge in [0.2, 0.25) is 6.29 Å². The molecule has 1 aliphatic carbocycles. The van der Waals surface area contributed by atoms with Crippen LogP contribution < -0.4 is 0 Å². The molecular formula is C15H22O10. The maximum absolute atomic E-state index is 10.3. The summed E-state index contributed by atoms with van der Waals surface area (Å²) in [6.45, 7) is -0.908. The molecule has 142 valence electrons. The molecule has 0 spiro atoms. The molecule has 6 N–H and O–H groups in total. The van der Waals surface area contributed by atoms with Gasteiger partial charge in [0.05, 0.1) is 31.5 Å². The summed E-state index contributed by atoms with van der Waals surface area (Å²) >= 11 is 0. The normalized spacial score (nSPS) is 56.9. The smallest absolute Gasteiger partial charge is 0.208 e. The lowest BCUT2D eigenvalue weighted by Crippen LogP contribution is -2.60. The van der Waals surface area contributed by atoms with Crippen molar-refractivity contribution in [1.29, 1.82) is 0 Å². The summed E-state index contributed by atoms with van der Waals surface area (Å²) in [7, 11) is 0. The largest absolute Gasteiger partial charge is 0.472 e. The van der Waals surface area contributed by atoms with Crippen LogP contribution in [0.1, 0.15) is 0 Å². The lowest BCUT2D eigenvalue weighted by molar-refractivity contribution is -0.344. The minimum atomic E-state index is -1.57. The first kappa shape index (κ1) is 17.6. The van der Waals surface area contributed by atoms with Crippen LogP contribution in [-0.4, -0.2) is 98.7 Å². The lowest BCUT2D eigenvalue weighted by atomic mass is 9.85. The number of aliphatic hydroxyl groups excluding tert-OH is 6. The predicted molar refractivity (Wildman–Crippen MR) is 76.5 cm³/mol. The zero-order valence-corrected chi connectivity index (χ0v) is 13.2. The second kappa shape index (κ2) is 6.12. The van der Waals surface area contributed by atoms with Crippen molar-refractivity contribution >= 4 is 0 Å². The standard InChI is InChI=1S/C15H22O10/c16-3-6-9(19)10(20)11(21)14(23-6)24-13-7-5(1-2-22-13)8(18)12-15(7,4-17)25-12/h1-2,5-14,16-21H,3-4H2/t5-,6?,7-,8+,9-,10?,11?,12+,13+,14+,15-/m0/s1. The van der Waals surface area contributed by atoms with Crippen LogP contribution in [0.25, 0.3) is 0 Å². The first-order chi connectivity index (χ1) is 11.9. The van der Waals surface area contributed by atoms with Crippen LogP contribution in [0.4, 0.5) is 0 Å². The molecule has 0 aromatic carbocycles. The molecule has 3 unspecified atom stereocenters. The topological polar surface area (TPSA) is 162 Å². The zero-order valence-electron chi connectivity index (χ0n) is 13.2. The Morgan fingerprint density at radius 1 is 0.960 bits per heavy atom. The molecular weight excluding hydrogens is 340 g/mol. The predicted octanol–water partition coefficient (Wildman–Crippen LogP) is -3.59. The van der Waals surface area contributed by atoms with Gasteiger partial charge in [-0.25, -0.2) is 0 Å². The van der Waals surface area contributed by atoms with E-state index in [-0.39, 0.29) is 12.5 Å². The summed E-state index contributed by atoms with van der Waals surface area (Å²) < 4.78 is 21.9. The maximum Gasteiger partial charge on any atom is 0.208 e. The summed E-state index contributed by atoms with van der Waals surface area (Å²) in [5.74, 6) is -0.913. The molecule has 0 amide bonds. The molecule has 0 aromatic rings. The molecule has 10 heteroatoms. The molecule has 4 aliphatic rings. The molecule has 11 atom stereocenters. The van der Waals surface area contributed by atoms with Gasteiger partial charge in [0.25, 0.3) is 0 Å². The Hall–Kier alpha value is -0.820. The maximum atomic E-state index is 10.3. The molecule has 10 nitrogen and oxygen atoms in total. The van der Waals surface area contributed by atoms with Crippen molar-refractivity contribution in [3.8, 4) is 0 Å². The fourth-order valence-corrected chi connectivity index (χ4v) is 4.17. The van der Waals surface area contributed by atoms with E-state index in [1.165, 1.54) is 6.26 Å². The molecule has 0 bridgehead atoms. The summed E-state index contributed by atoms with van der Waals surface area (Å²) in [6, 6.07) is 0. The van der Waals surface area contributed by atoms with Crippen molar-refractivity contribution in [2.45, 2.75) is 54.8 Å². The third-order valence-electron chi connectivity index (χ3n) is 5.62.